The van der Waals surface area contributed by atoms with Gasteiger partial charge in [-0.15, -0.1) is 5.92 Å². The Hall–Kier alpha value is -1.33. The van der Waals surface area contributed by atoms with Gasteiger partial charge < -0.3 is 10.1 Å². The van der Waals surface area contributed by atoms with Crippen LogP contribution in [0, 0.1) is 18.8 Å². The van der Waals surface area contributed by atoms with Crippen molar-refractivity contribution in [1.82, 2.24) is 0 Å². The quantitative estimate of drug-likeness (QED) is 0.796. The summed E-state index contributed by atoms with van der Waals surface area (Å²) in [5.74, 6) is 6.49. The number of methoxy groups -OCH3 is 1. The van der Waals surface area contributed by atoms with Crippen molar-refractivity contribution in [2.24, 2.45) is 0 Å². The van der Waals surface area contributed by atoms with Gasteiger partial charge in [0.1, 0.15) is 5.75 Å². The number of rotatable bonds is 3. The fourth-order valence-corrected chi connectivity index (χ4v) is 1.35. The first kappa shape index (κ1) is 11.7. The first-order valence-corrected chi connectivity index (χ1v) is 5.04. The Labute approximate surface area is 95.6 Å². The SMILES string of the molecule is CC#CCNc1cc(C)c(Cl)cc1OC. The van der Waals surface area contributed by atoms with Crippen LogP contribution in [0.4, 0.5) is 5.69 Å². The van der Waals surface area contributed by atoms with Crippen molar-refractivity contribution in [1.29, 1.82) is 0 Å². The van der Waals surface area contributed by atoms with Gasteiger partial charge in [-0.2, -0.15) is 0 Å². The molecule has 0 fully saturated rings. The van der Waals surface area contributed by atoms with E-state index in [9.17, 15) is 0 Å². The highest BCUT2D eigenvalue weighted by Crippen LogP contribution is 2.30. The number of hydrogen-bond acceptors (Lipinski definition) is 2. The molecular formula is C12H14ClNO. The zero-order valence-corrected chi connectivity index (χ0v) is 9.90. The highest BCUT2D eigenvalue weighted by molar-refractivity contribution is 6.31. The standard InChI is InChI=1S/C12H14ClNO/c1-4-5-6-14-11-7-9(2)10(13)8-12(11)15-3/h7-8,14H,6H2,1-3H3. The molecule has 15 heavy (non-hydrogen) atoms. The van der Waals surface area contributed by atoms with E-state index in [1.54, 1.807) is 13.2 Å². The molecule has 0 aromatic heterocycles. The van der Waals surface area contributed by atoms with Crippen LogP contribution in [0.3, 0.4) is 0 Å². The molecule has 1 rings (SSSR count). The molecule has 3 heteroatoms. The van der Waals surface area contributed by atoms with Gasteiger partial charge in [0.2, 0.25) is 0 Å². The van der Waals surface area contributed by atoms with Gasteiger partial charge in [-0.3, -0.25) is 0 Å². The predicted molar refractivity (Wildman–Crippen MR) is 64.7 cm³/mol. The van der Waals surface area contributed by atoms with Crippen molar-refractivity contribution in [3.8, 4) is 17.6 Å². The molecule has 1 aromatic carbocycles. The third-order valence-electron chi connectivity index (χ3n) is 2.02. The van der Waals surface area contributed by atoms with Crippen LogP contribution in [0.5, 0.6) is 5.75 Å². The lowest BCUT2D eigenvalue weighted by Crippen LogP contribution is -2.01. The summed E-state index contributed by atoms with van der Waals surface area (Å²) in [6.45, 7) is 4.37. The molecule has 2 nitrogen and oxygen atoms in total. The monoisotopic (exact) mass is 223 g/mol. The molecule has 0 aliphatic carbocycles. The van der Waals surface area contributed by atoms with Gasteiger partial charge >= 0.3 is 0 Å². The normalized spacial score (nSPS) is 9.07. The molecule has 0 aliphatic heterocycles. The molecule has 0 saturated heterocycles. The molecule has 0 aliphatic rings. The van der Waals surface area contributed by atoms with Gasteiger partial charge in [0.25, 0.3) is 0 Å². The Kier molecular flexibility index (Phi) is 4.33. The van der Waals surface area contributed by atoms with E-state index in [0.717, 1.165) is 17.0 Å². The minimum atomic E-state index is 0.605. The number of aryl methyl sites for hydroxylation is 1. The second-order valence-corrected chi connectivity index (χ2v) is 3.49. The average Bonchev–Trinajstić information content (AvgIpc) is 2.23. The van der Waals surface area contributed by atoms with Gasteiger partial charge in [-0.1, -0.05) is 17.5 Å². The highest BCUT2D eigenvalue weighted by Gasteiger charge is 2.05. The third kappa shape index (κ3) is 3.07. The molecule has 0 heterocycles. The summed E-state index contributed by atoms with van der Waals surface area (Å²) in [6, 6.07) is 3.76. The van der Waals surface area contributed by atoms with Gasteiger partial charge in [-0.25, -0.2) is 0 Å². The Morgan fingerprint density at radius 3 is 2.80 bits per heavy atom. The van der Waals surface area contributed by atoms with Crippen molar-refractivity contribution in [2.45, 2.75) is 13.8 Å². The average molecular weight is 224 g/mol. The van der Waals surface area contributed by atoms with E-state index in [-0.39, 0.29) is 0 Å². The first-order valence-electron chi connectivity index (χ1n) is 4.66. The zero-order chi connectivity index (χ0) is 11.3. The van der Waals surface area contributed by atoms with Crippen molar-refractivity contribution >= 4 is 17.3 Å². The maximum Gasteiger partial charge on any atom is 0.143 e. The molecule has 0 amide bonds. The van der Waals surface area contributed by atoms with Crippen LogP contribution in [0.2, 0.25) is 5.02 Å². The van der Waals surface area contributed by atoms with E-state index in [4.69, 9.17) is 16.3 Å². The summed E-state index contributed by atoms with van der Waals surface area (Å²) in [5.41, 5.74) is 1.94. The molecule has 0 radical (unpaired) electrons. The molecule has 1 N–H and O–H groups in total. The molecule has 0 bridgehead atoms. The summed E-state index contributed by atoms with van der Waals surface area (Å²) in [6.07, 6.45) is 0. The molecule has 0 unspecified atom stereocenters. The predicted octanol–water partition coefficient (Wildman–Crippen LogP) is 3.09. The second kappa shape index (κ2) is 5.53. The Morgan fingerprint density at radius 2 is 2.20 bits per heavy atom. The van der Waals surface area contributed by atoms with Crippen molar-refractivity contribution in [3.05, 3.63) is 22.7 Å². The molecular weight excluding hydrogens is 210 g/mol. The molecule has 0 atom stereocenters. The summed E-state index contributed by atoms with van der Waals surface area (Å²) >= 11 is 5.99. The lowest BCUT2D eigenvalue weighted by atomic mass is 10.2. The largest absolute Gasteiger partial charge is 0.495 e. The van der Waals surface area contributed by atoms with Crippen LogP contribution < -0.4 is 10.1 Å². The number of benzene rings is 1. The number of ether oxygens (including phenoxy) is 1. The Morgan fingerprint density at radius 1 is 1.47 bits per heavy atom. The van der Waals surface area contributed by atoms with Gasteiger partial charge in [0.05, 0.1) is 19.3 Å². The van der Waals surface area contributed by atoms with E-state index in [2.05, 4.69) is 17.2 Å². The smallest absolute Gasteiger partial charge is 0.143 e. The van der Waals surface area contributed by atoms with E-state index in [0.29, 0.717) is 11.6 Å². The summed E-state index contributed by atoms with van der Waals surface area (Å²) in [5, 5.41) is 3.88. The Bertz CT molecular complexity index is 404. The van der Waals surface area contributed by atoms with Crippen LogP contribution in [0.25, 0.3) is 0 Å². The number of halogens is 1. The zero-order valence-electron chi connectivity index (χ0n) is 9.15. The van der Waals surface area contributed by atoms with Crippen LogP contribution in [-0.4, -0.2) is 13.7 Å². The van der Waals surface area contributed by atoms with Crippen molar-refractivity contribution < 1.29 is 4.74 Å². The van der Waals surface area contributed by atoms with E-state index < -0.39 is 0 Å². The highest BCUT2D eigenvalue weighted by atomic mass is 35.5. The van der Waals surface area contributed by atoms with E-state index in [1.807, 2.05) is 19.9 Å². The van der Waals surface area contributed by atoms with Gasteiger partial charge in [-0.05, 0) is 25.5 Å². The lowest BCUT2D eigenvalue weighted by Gasteiger charge is -2.11. The minimum Gasteiger partial charge on any atom is -0.495 e. The molecule has 0 saturated carbocycles. The maximum atomic E-state index is 5.99. The van der Waals surface area contributed by atoms with E-state index >= 15 is 0 Å². The molecule has 1 aromatic rings. The van der Waals surface area contributed by atoms with Gasteiger partial charge in [0, 0.05) is 11.1 Å². The van der Waals surface area contributed by atoms with Crippen LogP contribution in [0.15, 0.2) is 12.1 Å². The van der Waals surface area contributed by atoms with Crippen LogP contribution in [0.1, 0.15) is 12.5 Å². The number of anilines is 1. The first-order chi connectivity index (χ1) is 7.19. The Balaban J connectivity index is 2.92. The van der Waals surface area contributed by atoms with Crippen molar-refractivity contribution in [2.75, 3.05) is 19.0 Å². The molecule has 0 spiro atoms. The van der Waals surface area contributed by atoms with Crippen LogP contribution in [-0.2, 0) is 0 Å². The fourth-order valence-electron chi connectivity index (χ4n) is 1.20. The minimum absolute atomic E-state index is 0.605. The summed E-state index contributed by atoms with van der Waals surface area (Å²) in [7, 11) is 1.62. The fraction of sp³-hybridized carbons (Fsp3) is 0.333. The van der Waals surface area contributed by atoms with Crippen LogP contribution >= 0.6 is 11.6 Å². The molecule has 80 valence electrons. The van der Waals surface area contributed by atoms with Gasteiger partial charge in [0.15, 0.2) is 0 Å². The lowest BCUT2D eigenvalue weighted by molar-refractivity contribution is 0.416. The second-order valence-electron chi connectivity index (χ2n) is 3.08. The number of hydrogen-bond donors (Lipinski definition) is 1. The summed E-state index contributed by atoms with van der Waals surface area (Å²) < 4.78 is 5.22. The maximum absolute atomic E-state index is 5.99. The van der Waals surface area contributed by atoms with Crippen molar-refractivity contribution in [3.63, 3.8) is 0 Å². The topological polar surface area (TPSA) is 21.3 Å². The number of nitrogens with one attached hydrogen (secondary N) is 1. The summed E-state index contributed by atoms with van der Waals surface area (Å²) in [4.78, 5) is 0. The third-order valence-corrected chi connectivity index (χ3v) is 2.43. The van der Waals surface area contributed by atoms with E-state index in [1.165, 1.54) is 0 Å².